The van der Waals surface area contributed by atoms with Gasteiger partial charge in [-0.1, -0.05) is 36.4 Å². The van der Waals surface area contributed by atoms with Crippen molar-refractivity contribution in [1.82, 2.24) is 4.90 Å². The largest absolute Gasteiger partial charge is 0.489 e. The molecular weight excluding hydrogens is 469 g/mol. The number of anilines is 1. The van der Waals surface area contributed by atoms with E-state index in [2.05, 4.69) is 0 Å². The minimum atomic E-state index is -0.407. The summed E-state index contributed by atoms with van der Waals surface area (Å²) in [5, 5.41) is 8.94. The molecule has 4 rings (SSSR count). The molecule has 1 fully saturated rings. The summed E-state index contributed by atoms with van der Waals surface area (Å²) in [7, 11) is 1.73. The van der Waals surface area contributed by atoms with Crippen molar-refractivity contribution in [1.29, 1.82) is 5.26 Å². The molecule has 3 aromatic carbocycles. The molecule has 0 radical (unpaired) electrons. The average molecular weight is 500 g/mol. The number of halogens is 1. The molecule has 1 heterocycles. The summed E-state index contributed by atoms with van der Waals surface area (Å²) in [6.07, 6.45) is 2.09. The van der Waals surface area contributed by atoms with Crippen LogP contribution in [0.2, 0.25) is 0 Å². The number of hydrogen-bond acceptors (Lipinski definition) is 5. The summed E-state index contributed by atoms with van der Waals surface area (Å²) in [5.41, 5.74) is 4.40. The molecule has 1 aliphatic rings. The van der Waals surface area contributed by atoms with Crippen molar-refractivity contribution in [3.05, 3.63) is 94.3 Å². The number of nitrogens with zero attached hydrogens (tertiary/aromatic N) is 3. The molecule has 0 bridgehead atoms. The number of benzene rings is 3. The highest BCUT2D eigenvalue weighted by molar-refractivity contribution is 5.98. The van der Waals surface area contributed by atoms with E-state index in [-0.39, 0.29) is 11.7 Å². The monoisotopic (exact) mass is 499 g/mol. The summed E-state index contributed by atoms with van der Waals surface area (Å²) in [6.45, 7) is 3.99. The topological polar surface area (TPSA) is 73.6 Å². The predicted molar refractivity (Wildman–Crippen MR) is 140 cm³/mol. The lowest BCUT2D eigenvalue weighted by atomic mass is 9.88. The number of carbonyl (C=O) groups excluding carboxylic acids is 2. The second-order valence-corrected chi connectivity index (χ2v) is 9.46. The molecule has 0 atom stereocenters. The van der Waals surface area contributed by atoms with Crippen LogP contribution in [0.15, 0.2) is 60.7 Å². The molecule has 0 N–H and O–H groups in total. The third-order valence-electron chi connectivity index (χ3n) is 6.87. The van der Waals surface area contributed by atoms with Crippen LogP contribution < -0.4 is 9.64 Å². The van der Waals surface area contributed by atoms with Crippen LogP contribution in [0.3, 0.4) is 0 Å². The highest BCUT2D eigenvalue weighted by Gasteiger charge is 2.27. The number of carbonyl (C=O) groups is 2. The zero-order chi connectivity index (χ0) is 26.4. The van der Waals surface area contributed by atoms with Crippen molar-refractivity contribution >= 4 is 17.9 Å². The van der Waals surface area contributed by atoms with Crippen LogP contribution in [0.1, 0.15) is 45.5 Å². The van der Waals surface area contributed by atoms with Crippen LogP contribution in [0.4, 0.5) is 10.1 Å². The molecule has 0 saturated carbocycles. The maximum absolute atomic E-state index is 14.4. The number of nitriles is 1. The lowest BCUT2D eigenvalue weighted by Crippen LogP contribution is -2.36. The number of hydrogen-bond donors (Lipinski definition) is 0. The molecule has 3 aromatic rings. The summed E-state index contributed by atoms with van der Waals surface area (Å²) in [6, 6.07) is 19.8. The van der Waals surface area contributed by atoms with Gasteiger partial charge in [0.05, 0.1) is 17.3 Å². The Kier molecular flexibility index (Phi) is 8.19. The smallest absolute Gasteiger partial charge is 0.209 e. The Hall–Kier alpha value is -4.18. The van der Waals surface area contributed by atoms with Gasteiger partial charge < -0.3 is 14.5 Å². The quantitative estimate of drug-likeness (QED) is 0.296. The Bertz CT molecular complexity index is 1310. The van der Waals surface area contributed by atoms with Gasteiger partial charge in [-0.3, -0.25) is 9.59 Å². The number of Topliss-reactive ketones (excluding diaryl/α,β-unsaturated/α-hetero) is 1. The van der Waals surface area contributed by atoms with Gasteiger partial charge in [0.15, 0.2) is 5.78 Å². The van der Waals surface area contributed by atoms with E-state index in [0.29, 0.717) is 55.9 Å². The Labute approximate surface area is 216 Å². The van der Waals surface area contributed by atoms with Gasteiger partial charge in [-0.05, 0) is 55.2 Å². The van der Waals surface area contributed by atoms with Crippen molar-refractivity contribution in [2.24, 2.45) is 5.92 Å². The van der Waals surface area contributed by atoms with Crippen LogP contribution in [-0.4, -0.2) is 37.2 Å². The minimum absolute atomic E-state index is 0.102. The Morgan fingerprint density at radius 3 is 2.54 bits per heavy atom. The van der Waals surface area contributed by atoms with Crippen molar-refractivity contribution in [2.45, 2.75) is 32.9 Å². The molecule has 37 heavy (non-hydrogen) atoms. The second-order valence-electron chi connectivity index (χ2n) is 9.46. The SMILES string of the molecule is Cc1cccc(OCc2ccc(C(=O)C3CCN(c4ccc(C#N)cc4F)CC3)cc2)c1CN(C)C=O. The molecule has 1 amide bonds. The fourth-order valence-electron chi connectivity index (χ4n) is 4.68. The van der Waals surface area contributed by atoms with Crippen molar-refractivity contribution in [3.8, 4) is 11.8 Å². The predicted octanol–water partition coefficient (Wildman–Crippen LogP) is 5.27. The number of ketones is 1. The van der Waals surface area contributed by atoms with Gasteiger partial charge in [-0.15, -0.1) is 0 Å². The van der Waals surface area contributed by atoms with Crippen LogP contribution in [-0.2, 0) is 17.9 Å². The Balaban J connectivity index is 1.34. The molecule has 0 unspecified atom stereocenters. The van der Waals surface area contributed by atoms with Gasteiger partial charge >= 0.3 is 0 Å². The fourth-order valence-corrected chi connectivity index (χ4v) is 4.68. The van der Waals surface area contributed by atoms with E-state index in [1.165, 1.54) is 6.07 Å². The van der Waals surface area contributed by atoms with Gasteiger partial charge in [0.25, 0.3) is 0 Å². The zero-order valence-corrected chi connectivity index (χ0v) is 21.1. The first-order valence-corrected chi connectivity index (χ1v) is 12.3. The van der Waals surface area contributed by atoms with E-state index >= 15 is 0 Å². The molecule has 6 nitrogen and oxygen atoms in total. The van der Waals surface area contributed by atoms with Crippen LogP contribution >= 0.6 is 0 Å². The first kappa shape index (κ1) is 25.9. The van der Waals surface area contributed by atoms with E-state index in [4.69, 9.17) is 10.00 Å². The van der Waals surface area contributed by atoms with E-state index in [1.54, 1.807) is 24.1 Å². The first-order valence-electron chi connectivity index (χ1n) is 12.3. The minimum Gasteiger partial charge on any atom is -0.489 e. The molecule has 1 saturated heterocycles. The number of ether oxygens (including phenoxy) is 1. The number of rotatable bonds is 9. The second kappa shape index (κ2) is 11.7. The molecule has 1 aliphatic heterocycles. The standard InChI is InChI=1S/C30H30FN3O3/c1-21-4-3-5-29(26(21)18-33(2)20-35)37-19-22-6-9-24(10-7-22)30(36)25-12-14-34(15-13-25)28-11-8-23(17-32)16-27(28)31/h3-11,16,20,25H,12-15,18-19H2,1-2H3. The van der Waals surface area contributed by atoms with Gasteiger partial charge in [0, 0.05) is 43.7 Å². The van der Waals surface area contributed by atoms with Crippen LogP contribution in [0, 0.1) is 30.0 Å². The third kappa shape index (κ3) is 6.15. The molecule has 0 aromatic heterocycles. The number of piperidine rings is 1. The maximum atomic E-state index is 14.4. The van der Waals surface area contributed by atoms with E-state index in [0.717, 1.165) is 28.8 Å². The molecule has 7 heteroatoms. The molecule has 0 aliphatic carbocycles. The van der Waals surface area contributed by atoms with Crippen molar-refractivity contribution in [2.75, 3.05) is 25.0 Å². The van der Waals surface area contributed by atoms with E-state index < -0.39 is 5.82 Å². The highest BCUT2D eigenvalue weighted by Crippen LogP contribution is 2.29. The Morgan fingerprint density at radius 2 is 1.89 bits per heavy atom. The van der Waals surface area contributed by atoms with Crippen molar-refractivity contribution in [3.63, 3.8) is 0 Å². The molecule has 0 spiro atoms. The van der Waals surface area contributed by atoms with Gasteiger partial charge in [0.1, 0.15) is 18.2 Å². The summed E-state index contributed by atoms with van der Waals surface area (Å²) in [5.74, 6) is 0.323. The number of amides is 1. The normalized spacial score (nSPS) is 13.6. The lowest BCUT2D eigenvalue weighted by Gasteiger charge is -2.33. The van der Waals surface area contributed by atoms with Crippen LogP contribution in [0.25, 0.3) is 0 Å². The molecule has 190 valence electrons. The third-order valence-corrected chi connectivity index (χ3v) is 6.87. The van der Waals surface area contributed by atoms with E-state index in [1.807, 2.05) is 60.4 Å². The van der Waals surface area contributed by atoms with Crippen molar-refractivity contribution < 1.29 is 18.7 Å². The zero-order valence-electron chi connectivity index (χ0n) is 21.1. The maximum Gasteiger partial charge on any atom is 0.209 e. The first-order chi connectivity index (χ1) is 17.9. The molecular formula is C30H30FN3O3. The summed E-state index contributed by atoms with van der Waals surface area (Å²) in [4.78, 5) is 27.7. The van der Waals surface area contributed by atoms with Gasteiger partial charge in [-0.25, -0.2) is 4.39 Å². The lowest BCUT2D eigenvalue weighted by molar-refractivity contribution is -0.117. The summed E-state index contributed by atoms with van der Waals surface area (Å²) < 4.78 is 20.4. The van der Waals surface area contributed by atoms with Crippen LogP contribution in [0.5, 0.6) is 5.75 Å². The summed E-state index contributed by atoms with van der Waals surface area (Å²) >= 11 is 0. The average Bonchev–Trinajstić information content (AvgIpc) is 2.93. The van der Waals surface area contributed by atoms with E-state index in [9.17, 15) is 14.0 Å². The number of aryl methyl sites for hydroxylation is 1. The fraction of sp³-hybridized carbons (Fsp3) is 0.300. The Morgan fingerprint density at radius 1 is 1.16 bits per heavy atom. The van der Waals surface area contributed by atoms with Gasteiger partial charge in [-0.2, -0.15) is 5.26 Å². The van der Waals surface area contributed by atoms with Gasteiger partial charge in [0.2, 0.25) is 6.41 Å². The highest BCUT2D eigenvalue weighted by atomic mass is 19.1.